The van der Waals surface area contributed by atoms with Gasteiger partial charge < -0.3 is 5.32 Å². The Morgan fingerprint density at radius 3 is 2.47 bits per heavy atom. The summed E-state index contributed by atoms with van der Waals surface area (Å²) in [6.45, 7) is 8.20. The van der Waals surface area contributed by atoms with Crippen molar-refractivity contribution in [1.82, 2.24) is 19.4 Å². The highest BCUT2D eigenvalue weighted by Gasteiger charge is 2.25. The number of sulfonamides is 1. The van der Waals surface area contributed by atoms with Gasteiger partial charge in [0.25, 0.3) is 0 Å². The van der Waals surface area contributed by atoms with E-state index in [-0.39, 0.29) is 10.8 Å². The highest BCUT2D eigenvalue weighted by Crippen LogP contribution is 2.23. The highest BCUT2D eigenvalue weighted by molar-refractivity contribution is 7.89. The van der Waals surface area contributed by atoms with Crippen molar-refractivity contribution in [2.24, 2.45) is 5.92 Å². The van der Waals surface area contributed by atoms with Crippen molar-refractivity contribution in [2.45, 2.75) is 58.0 Å². The zero-order valence-corrected chi connectivity index (χ0v) is 20.4. The normalized spacial score (nSPS) is 15.5. The second-order valence-corrected chi connectivity index (χ2v) is 10.8. The van der Waals surface area contributed by atoms with Crippen LogP contribution in [0.1, 0.15) is 49.9 Å². The lowest BCUT2D eigenvalue weighted by atomic mass is 10.2. The van der Waals surface area contributed by atoms with Crippen molar-refractivity contribution in [3.63, 3.8) is 0 Å². The number of hydrogen-bond acceptors (Lipinski definition) is 4. The predicted molar refractivity (Wildman–Crippen MR) is 127 cm³/mol. The van der Waals surface area contributed by atoms with E-state index < -0.39 is 10.0 Å². The molecule has 1 saturated heterocycles. The van der Waals surface area contributed by atoms with Gasteiger partial charge in [-0.15, -0.1) is 0 Å². The van der Waals surface area contributed by atoms with E-state index in [0.717, 1.165) is 36.1 Å². The highest BCUT2D eigenvalue weighted by atomic mass is 35.5. The van der Waals surface area contributed by atoms with Crippen molar-refractivity contribution in [2.75, 3.05) is 13.1 Å². The van der Waals surface area contributed by atoms with Gasteiger partial charge in [0.05, 0.1) is 10.6 Å². The molecule has 7 nitrogen and oxygen atoms in total. The van der Waals surface area contributed by atoms with Gasteiger partial charge in [0.1, 0.15) is 5.15 Å². The van der Waals surface area contributed by atoms with Crippen molar-refractivity contribution in [3.8, 4) is 0 Å². The van der Waals surface area contributed by atoms with Crippen molar-refractivity contribution >= 4 is 33.6 Å². The van der Waals surface area contributed by atoms with Gasteiger partial charge in [0, 0.05) is 37.8 Å². The molecular formula is C23H31ClN4O3S. The Kier molecular flexibility index (Phi) is 8.14. The second kappa shape index (κ2) is 10.6. The van der Waals surface area contributed by atoms with Gasteiger partial charge in [-0.2, -0.15) is 9.40 Å². The lowest BCUT2D eigenvalue weighted by Gasteiger charge is -2.25. The summed E-state index contributed by atoms with van der Waals surface area (Å²) in [7, 11) is -3.45. The first-order valence-electron chi connectivity index (χ1n) is 11.0. The summed E-state index contributed by atoms with van der Waals surface area (Å²) in [5.41, 5.74) is 2.32. The first-order chi connectivity index (χ1) is 15.2. The molecule has 0 radical (unpaired) electrons. The molecule has 1 aromatic heterocycles. The number of aromatic nitrogens is 2. The van der Waals surface area contributed by atoms with Crippen molar-refractivity contribution in [3.05, 3.63) is 52.3 Å². The van der Waals surface area contributed by atoms with E-state index in [2.05, 4.69) is 24.3 Å². The van der Waals surface area contributed by atoms with Crippen LogP contribution in [0.25, 0.3) is 6.08 Å². The molecule has 0 aliphatic carbocycles. The minimum absolute atomic E-state index is 0.262. The Hall–Kier alpha value is -2.16. The van der Waals surface area contributed by atoms with Crippen LogP contribution in [0.3, 0.4) is 0 Å². The van der Waals surface area contributed by atoms with Gasteiger partial charge in [0.2, 0.25) is 15.9 Å². The largest absolute Gasteiger partial charge is 0.348 e. The fourth-order valence-electron chi connectivity index (χ4n) is 3.66. The molecule has 0 bridgehead atoms. The summed E-state index contributed by atoms with van der Waals surface area (Å²) < 4.78 is 28.8. The standard InChI is InChI=1S/C23H31ClN4O3S/c1-17(2)16-28-23(24)21(18(3)26-28)11-12-22(29)25-15-19-7-9-20(10-8-19)32(30,31)27-13-5-4-6-14-27/h7-12,17H,4-6,13-16H2,1-3H3,(H,25,29)/b12-11+. The number of halogens is 1. The quantitative estimate of drug-likeness (QED) is 0.581. The topological polar surface area (TPSA) is 84.3 Å². The molecular weight excluding hydrogens is 448 g/mol. The fraction of sp³-hybridized carbons (Fsp3) is 0.478. The predicted octanol–water partition coefficient (Wildman–Crippen LogP) is 4.01. The van der Waals surface area contributed by atoms with Gasteiger partial charge in [-0.05, 0) is 49.5 Å². The number of hydrogen-bond donors (Lipinski definition) is 1. The van der Waals surface area contributed by atoms with E-state index in [4.69, 9.17) is 11.6 Å². The van der Waals surface area contributed by atoms with E-state index in [9.17, 15) is 13.2 Å². The summed E-state index contributed by atoms with van der Waals surface area (Å²) in [6, 6.07) is 6.68. The fourth-order valence-corrected chi connectivity index (χ4v) is 5.49. The summed E-state index contributed by atoms with van der Waals surface area (Å²) in [6.07, 6.45) is 5.99. The molecule has 2 aromatic rings. The molecule has 1 amide bonds. The molecule has 174 valence electrons. The number of carbonyl (C=O) groups is 1. The van der Waals surface area contributed by atoms with Gasteiger partial charge in [-0.3, -0.25) is 9.48 Å². The molecule has 3 rings (SSSR count). The lowest BCUT2D eigenvalue weighted by Crippen LogP contribution is -2.35. The zero-order chi connectivity index (χ0) is 23.3. The Morgan fingerprint density at radius 2 is 1.84 bits per heavy atom. The summed E-state index contributed by atoms with van der Waals surface area (Å²) in [4.78, 5) is 12.5. The SMILES string of the molecule is Cc1nn(CC(C)C)c(Cl)c1/C=C/C(=O)NCc1ccc(S(=O)(=O)N2CCCCC2)cc1. The van der Waals surface area contributed by atoms with E-state index in [1.165, 1.54) is 6.08 Å². The number of carbonyl (C=O) groups excluding carboxylic acids is 1. The number of nitrogens with one attached hydrogen (secondary N) is 1. The maximum absolute atomic E-state index is 12.7. The van der Waals surface area contributed by atoms with E-state index in [1.54, 1.807) is 39.3 Å². The summed E-state index contributed by atoms with van der Waals surface area (Å²) in [5.74, 6) is 0.148. The van der Waals surface area contributed by atoms with Crippen LogP contribution in [0.5, 0.6) is 0 Å². The average molecular weight is 479 g/mol. The summed E-state index contributed by atoms with van der Waals surface area (Å²) >= 11 is 6.40. The number of piperidine rings is 1. The third kappa shape index (κ3) is 5.99. The third-order valence-electron chi connectivity index (χ3n) is 5.39. The van der Waals surface area contributed by atoms with Crippen LogP contribution in [0.2, 0.25) is 5.15 Å². The maximum atomic E-state index is 12.7. The molecule has 1 fully saturated rings. The molecule has 1 N–H and O–H groups in total. The maximum Gasteiger partial charge on any atom is 0.244 e. The lowest BCUT2D eigenvalue weighted by molar-refractivity contribution is -0.116. The van der Waals surface area contributed by atoms with Crippen LogP contribution in [-0.2, 0) is 27.9 Å². The minimum atomic E-state index is -3.45. The number of aryl methyl sites for hydroxylation is 1. The van der Waals surface area contributed by atoms with Crippen LogP contribution in [0.4, 0.5) is 0 Å². The number of rotatable bonds is 8. The number of nitrogens with zero attached hydrogens (tertiary/aromatic N) is 3. The molecule has 1 aliphatic rings. The first-order valence-corrected chi connectivity index (χ1v) is 12.8. The number of amides is 1. The Morgan fingerprint density at radius 1 is 1.19 bits per heavy atom. The molecule has 32 heavy (non-hydrogen) atoms. The third-order valence-corrected chi connectivity index (χ3v) is 7.70. The van der Waals surface area contributed by atoms with Gasteiger partial charge in [-0.1, -0.05) is 44.0 Å². The molecule has 9 heteroatoms. The van der Waals surface area contributed by atoms with E-state index >= 15 is 0 Å². The Labute approximate surface area is 195 Å². The van der Waals surface area contributed by atoms with Crippen molar-refractivity contribution < 1.29 is 13.2 Å². The Bertz CT molecular complexity index is 1070. The monoisotopic (exact) mass is 478 g/mol. The molecule has 1 aromatic carbocycles. The average Bonchev–Trinajstić information content (AvgIpc) is 3.03. The van der Waals surface area contributed by atoms with Gasteiger partial charge in [-0.25, -0.2) is 8.42 Å². The molecule has 0 atom stereocenters. The van der Waals surface area contributed by atoms with E-state index in [0.29, 0.717) is 37.3 Å². The minimum Gasteiger partial charge on any atom is -0.348 e. The van der Waals surface area contributed by atoms with Gasteiger partial charge in [0.15, 0.2) is 0 Å². The smallest absolute Gasteiger partial charge is 0.244 e. The van der Waals surface area contributed by atoms with Crippen LogP contribution in [0.15, 0.2) is 35.2 Å². The Balaban J connectivity index is 1.58. The van der Waals surface area contributed by atoms with Crippen LogP contribution < -0.4 is 5.32 Å². The number of benzene rings is 1. The molecule has 0 spiro atoms. The van der Waals surface area contributed by atoms with Crippen LogP contribution in [-0.4, -0.2) is 41.5 Å². The van der Waals surface area contributed by atoms with Crippen LogP contribution >= 0.6 is 11.6 Å². The molecule has 2 heterocycles. The second-order valence-electron chi connectivity index (χ2n) is 8.53. The van der Waals surface area contributed by atoms with Crippen molar-refractivity contribution in [1.29, 1.82) is 0 Å². The first kappa shape index (κ1) is 24.5. The molecule has 1 aliphatic heterocycles. The van der Waals surface area contributed by atoms with E-state index in [1.807, 2.05) is 6.92 Å². The summed E-state index contributed by atoms with van der Waals surface area (Å²) in [5, 5.41) is 7.76. The molecule has 0 unspecified atom stereocenters. The van der Waals surface area contributed by atoms with Crippen LogP contribution in [0, 0.1) is 12.8 Å². The zero-order valence-electron chi connectivity index (χ0n) is 18.8. The molecule has 0 saturated carbocycles. The van der Waals surface area contributed by atoms with Gasteiger partial charge >= 0.3 is 0 Å².